The first kappa shape index (κ1) is 18.0. The third-order valence-electron chi connectivity index (χ3n) is 6.66. The van der Waals surface area contributed by atoms with Gasteiger partial charge in [0.15, 0.2) is 0 Å². The van der Waals surface area contributed by atoms with Crippen molar-refractivity contribution in [1.29, 1.82) is 0 Å². The first-order valence-electron chi connectivity index (χ1n) is 10.4. The van der Waals surface area contributed by atoms with Crippen molar-refractivity contribution >= 4 is 17.5 Å². The number of nitrogens with zero attached hydrogens (tertiary/aromatic N) is 3. The number of benzene rings is 2. The molecule has 5 rings (SSSR count). The van der Waals surface area contributed by atoms with E-state index in [1.54, 1.807) is 0 Å². The fourth-order valence-electron chi connectivity index (χ4n) is 4.88. The van der Waals surface area contributed by atoms with Crippen LogP contribution in [0.15, 0.2) is 60.8 Å². The largest absolute Gasteiger partial charge is 0.481 e. The standard InChI is InChI=1S/C24H25N3O2/c1-2-24(23(28)29)16-21(24)20-10-4-3-9-19(20)17-7-5-8-18(15-17)26-13-6-14-27-22(26)11-12-25-27/h3-5,7-12,15,21H,2,6,13-14,16H2,1H3,(H,28,29). The lowest BCUT2D eigenvalue weighted by Gasteiger charge is -2.30. The molecule has 2 aromatic carbocycles. The summed E-state index contributed by atoms with van der Waals surface area (Å²) in [6.45, 7) is 3.91. The number of aryl methyl sites for hydroxylation is 1. The third-order valence-corrected chi connectivity index (χ3v) is 6.66. The van der Waals surface area contributed by atoms with Crippen molar-refractivity contribution in [3.63, 3.8) is 0 Å². The second-order valence-corrected chi connectivity index (χ2v) is 8.13. The molecule has 2 unspecified atom stereocenters. The zero-order chi connectivity index (χ0) is 20.0. The predicted octanol–water partition coefficient (Wildman–Crippen LogP) is 5.06. The molecular weight excluding hydrogens is 362 g/mol. The molecular formula is C24H25N3O2. The summed E-state index contributed by atoms with van der Waals surface area (Å²) in [5, 5.41) is 14.2. The predicted molar refractivity (Wildman–Crippen MR) is 113 cm³/mol. The van der Waals surface area contributed by atoms with E-state index in [9.17, 15) is 9.90 Å². The van der Waals surface area contributed by atoms with Gasteiger partial charge in [0.1, 0.15) is 5.82 Å². The van der Waals surface area contributed by atoms with Gasteiger partial charge in [0.2, 0.25) is 0 Å². The fourth-order valence-corrected chi connectivity index (χ4v) is 4.88. The molecule has 1 aliphatic carbocycles. The van der Waals surface area contributed by atoms with Gasteiger partial charge in [-0.3, -0.25) is 4.79 Å². The van der Waals surface area contributed by atoms with E-state index >= 15 is 0 Å². The molecule has 29 heavy (non-hydrogen) atoms. The summed E-state index contributed by atoms with van der Waals surface area (Å²) in [7, 11) is 0. The Balaban J connectivity index is 1.53. The zero-order valence-electron chi connectivity index (χ0n) is 16.6. The Hall–Kier alpha value is -3.08. The van der Waals surface area contributed by atoms with Gasteiger partial charge in [0.25, 0.3) is 0 Å². The molecule has 0 bridgehead atoms. The second-order valence-electron chi connectivity index (χ2n) is 8.13. The summed E-state index contributed by atoms with van der Waals surface area (Å²) < 4.78 is 2.05. The highest BCUT2D eigenvalue weighted by Crippen LogP contribution is 2.63. The SMILES string of the molecule is CCC1(C(=O)O)CC1c1ccccc1-c1cccc(N2CCCn3nccc32)c1. The second kappa shape index (κ2) is 6.76. The smallest absolute Gasteiger partial charge is 0.310 e. The third kappa shape index (κ3) is 2.84. The number of carboxylic acids is 1. The highest BCUT2D eigenvalue weighted by Gasteiger charge is 2.59. The van der Waals surface area contributed by atoms with Crippen molar-refractivity contribution in [3.8, 4) is 11.1 Å². The molecule has 2 aliphatic rings. The zero-order valence-corrected chi connectivity index (χ0v) is 16.6. The molecule has 5 nitrogen and oxygen atoms in total. The maximum atomic E-state index is 11.9. The van der Waals surface area contributed by atoms with Gasteiger partial charge in [-0.15, -0.1) is 0 Å². The van der Waals surface area contributed by atoms with Gasteiger partial charge in [0, 0.05) is 30.8 Å². The maximum absolute atomic E-state index is 11.9. The van der Waals surface area contributed by atoms with Crippen LogP contribution in [0.4, 0.5) is 11.5 Å². The summed E-state index contributed by atoms with van der Waals surface area (Å²) in [5.41, 5.74) is 3.97. The average Bonchev–Trinajstić information content (AvgIpc) is 3.33. The molecule has 1 fully saturated rings. The van der Waals surface area contributed by atoms with Gasteiger partial charge in [-0.2, -0.15) is 5.10 Å². The summed E-state index contributed by atoms with van der Waals surface area (Å²) in [6, 6.07) is 18.9. The van der Waals surface area contributed by atoms with Gasteiger partial charge in [-0.05, 0) is 48.1 Å². The lowest BCUT2D eigenvalue weighted by molar-refractivity contribution is -0.143. The topological polar surface area (TPSA) is 58.4 Å². The molecule has 0 amide bonds. The summed E-state index contributed by atoms with van der Waals surface area (Å²) >= 11 is 0. The van der Waals surface area contributed by atoms with E-state index in [1.165, 1.54) is 0 Å². The van der Waals surface area contributed by atoms with E-state index in [2.05, 4.69) is 57.1 Å². The lowest BCUT2D eigenvalue weighted by Crippen LogP contribution is -2.27. The maximum Gasteiger partial charge on any atom is 0.310 e. The number of carbonyl (C=O) groups is 1. The van der Waals surface area contributed by atoms with Crippen LogP contribution in [0.2, 0.25) is 0 Å². The van der Waals surface area contributed by atoms with E-state index in [1.807, 2.05) is 25.3 Å². The Morgan fingerprint density at radius 2 is 2.03 bits per heavy atom. The van der Waals surface area contributed by atoms with Gasteiger partial charge < -0.3 is 10.0 Å². The van der Waals surface area contributed by atoms with E-state index in [0.29, 0.717) is 6.42 Å². The molecule has 0 saturated heterocycles. The van der Waals surface area contributed by atoms with Crippen LogP contribution < -0.4 is 4.90 Å². The normalized spacial score (nSPS) is 22.9. The molecule has 3 aromatic rings. The van der Waals surface area contributed by atoms with Crippen molar-refractivity contribution in [2.24, 2.45) is 5.41 Å². The Bertz CT molecular complexity index is 1070. The average molecular weight is 387 g/mol. The number of carboxylic acid groups (broad SMARTS) is 1. The summed E-state index contributed by atoms with van der Waals surface area (Å²) in [6.07, 6.45) is 4.31. The number of hydrogen-bond acceptors (Lipinski definition) is 3. The number of hydrogen-bond donors (Lipinski definition) is 1. The highest BCUT2D eigenvalue weighted by molar-refractivity contribution is 5.83. The minimum atomic E-state index is -0.671. The van der Waals surface area contributed by atoms with Crippen molar-refractivity contribution in [1.82, 2.24) is 9.78 Å². The Labute approximate surface area is 170 Å². The van der Waals surface area contributed by atoms with E-state index < -0.39 is 11.4 Å². The minimum Gasteiger partial charge on any atom is -0.481 e. The van der Waals surface area contributed by atoms with Crippen LogP contribution in [0.25, 0.3) is 11.1 Å². The number of fused-ring (bicyclic) bond motifs is 1. The molecule has 2 atom stereocenters. The first-order chi connectivity index (χ1) is 14.1. The van der Waals surface area contributed by atoms with Crippen LogP contribution in [0, 0.1) is 5.41 Å². The van der Waals surface area contributed by atoms with Crippen LogP contribution in [0.5, 0.6) is 0 Å². The van der Waals surface area contributed by atoms with Crippen LogP contribution in [-0.4, -0.2) is 27.4 Å². The van der Waals surface area contributed by atoms with Crippen molar-refractivity contribution in [3.05, 3.63) is 66.4 Å². The van der Waals surface area contributed by atoms with Crippen LogP contribution in [-0.2, 0) is 11.3 Å². The van der Waals surface area contributed by atoms with Gasteiger partial charge in [0.05, 0.1) is 11.6 Å². The van der Waals surface area contributed by atoms with Crippen LogP contribution >= 0.6 is 0 Å². The van der Waals surface area contributed by atoms with Crippen molar-refractivity contribution in [2.75, 3.05) is 11.4 Å². The molecule has 0 radical (unpaired) electrons. The van der Waals surface area contributed by atoms with Gasteiger partial charge in [-0.1, -0.05) is 43.3 Å². The number of aromatic nitrogens is 2. The van der Waals surface area contributed by atoms with E-state index in [4.69, 9.17) is 0 Å². The quantitative estimate of drug-likeness (QED) is 0.665. The monoisotopic (exact) mass is 387 g/mol. The molecule has 148 valence electrons. The van der Waals surface area contributed by atoms with E-state index in [-0.39, 0.29) is 5.92 Å². The molecule has 1 N–H and O–H groups in total. The first-order valence-corrected chi connectivity index (χ1v) is 10.4. The Morgan fingerprint density at radius 1 is 1.17 bits per heavy atom. The summed E-state index contributed by atoms with van der Waals surface area (Å²) in [5.74, 6) is 0.538. The molecule has 1 aliphatic heterocycles. The molecule has 1 aromatic heterocycles. The Morgan fingerprint density at radius 3 is 2.83 bits per heavy atom. The number of rotatable bonds is 5. The Kier molecular flexibility index (Phi) is 4.19. The molecule has 5 heteroatoms. The molecule has 1 saturated carbocycles. The lowest BCUT2D eigenvalue weighted by atomic mass is 9.91. The van der Waals surface area contributed by atoms with Gasteiger partial charge >= 0.3 is 5.97 Å². The highest BCUT2D eigenvalue weighted by atomic mass is 16.4. The molecule has 2 heterocycles. The summed E-state index contributed by atoms with van der Waals surface area (Å²) in [4.78, 5) is 14.2. The fraction of sp³-hybridized carbons (Fsp3) is 0.333. The number of aliphatic carboxylic acids is 1. The van der Waals surface area contributed by atoms with Crippen molar-refractivity contribution in [2.45, 2.75) is 38.6 Å². The molecule has 0 spiro atoms. The van der Waals surface area contributed by atoms with Gasteiger partial charge in [-0.25, -0.2) is 4.68 Å². The minimum absolute atomic E-state index is 0.0845. The van der Waals surface area contributed by atoms with Crippen LogP contribution in [0.1, 0.15) is 37.7 Å². The number of anilines is 2. The van der Waals surface area contributed by atoms with Crippen molar-refractivity contribution < 1.29 is 9.90 Å². The van der Waals surface area contributed by atoms with Crippen LogP contribution in [0.3, 0.4) is 0 Å². The van der Waals surface area contributed by atoms with E-state index in [0.717, 1.165) is 54.1 Å².